The molecule has 0 spiro atoms. The van der Waals surface area contributed by atoms with Crippen molar-refractivity contribution in [2.24, 2.45) is 0 Å². The molecule has 0 aliphatic rings. The summed E-state index contributed by atoms with van der Waals surface area (Å²) in [6.45, 7) is 0.509. The average molecular weight is 298 g/mol. The molecule has 1 N–H and O–H groups in total. The zero-order valence-electron chi connectivity index (χ0n) is 10.3. The number of hydrogen-bond acceptors (Lipinski definition) is 4. The second-order valence-corrected chi connectivity index (χ2v) is 5.96. The van der Waals surface area contributed by atoms with Crippen LogP contribution in [0.4, 0.5) is 14.5 Å². The van der Waals surface area contributed by atoms with Gasteiger partial charge in [-0.25, -0.2) is 8.42 Å². The summed E-state index contributed by atoms with van der Waals surface area (Å²) >= 11 is 0. The van der Waals surface area contributed by atoms with Crippen LogP contribution < -0.4 is 5.32 Å². The van der Waals surface area contributed by atoms with Crippen LogP contribution in [0.3, 0.4) is 0 Å². The lowest BCUT2D eigenvalue weighted by molar-refractivity contribution is 0.234. The van der Waals surface area contributed by atoms with E-state index in [-0.39, 0.29) is 4.90 Å². The Labute approximate surface area is 115 Å². The molecule has 0 aliphatic carbocycles. The summed E-state index contributed by atoms with van der Waals surface area (Å²) in [7, 11) is -4.53. The van der Waals surface area contributed by atoms with Gasteiger partial charge in [0.25, 0.3) is 0 Å². The van der Waals surface area contributed by atoms with E-state index < -0.39 is 15.6 Å². The number of benzene rings is 1. The third-order valence-corrected chi connectivity index (χ3v) is 4.04. The second-order valence-electron chi connectivity index (χ2n) is 4.04. The number of rotatable bonds is 5. The molecule has 0 atom stereocenters. The molecule has 0 amide bonds. The summed E-state index contributed by atoms with van der Waals surface area (Å²) in [5.74, 6) is -3.41. The predicted molar refractivity (Wildman–Crippen MR) is 71.2 cm³/mol. The first-order valence-electron chi connectivity index (χ1n) is 5.75. The van der Waals surface area contributed by atoms with Gasteiger partial charge in [0.1, 0.15) is 0 Å². The van der Waals surface area contributed by atoms with Crippen LogP contribution in [-0.4, -0.2) is 19.2 Å². The number of halogens is 2. The van der Waals surface area contributed by atoms with Crippen LogP contribution in [0.5, 0.6) is 0 Å². The van der Waals surface area contributed by atoms with E-state index in [2.05, 4.69) is 10.3 Å². The van der Waals surface area contributed by atoms with Gasteiger partial charge in [0.15, 0.2) is 0 Å². The molecule has 7 heteroatoms. The number of hydrogen-bond donors (Lipinski definition) is 1. The molecule has 0 aliphatic heterocycles. The number of sulfone groups is 1. The Morgan fingerprint density at radius 1 is 1.15 bits per heavy atom. The minimum Gasteiger partial charge on any atom is -0.381 e. The third-order valence-electron chi connectivity index (χ3n) is 2.64. The first-order valence-corrected chi connectivity index (χ1v) is 7.29. The van der Waals surface area contributed by atoms with Crippen molar-refractivity contribution in [2.45, 2.75) is 17.2 Å². The van der Waals surface area contributed by atoms with Gasteiger partial charge in [-0.05, 0) is 35.9 Å². The maximum Gasteiger partial charge on any atom is 0.341 e. The maximum atomic E-state index is 12.4. The number of alkyl halides is 2. The van der Waals surface area contributed by atoms with Gasteiger partial charge in [-0.15, -0.1) is 0 Å². The molecule has 1 aromatic heterocycles. The smallest absolute Gasteiger partial charge is 0.341 e. The molecule has 0 unspecified atom stereocenters. The fraction of sp³-hybridized carbons (Fsp3) is 0.154. The zero-order valence-corrected chi connectivity index (χ0v) is 11.1. The van der Waals surface area contributed by atoms with Gasteiger partial charge in [-0.2, -0.15) is 8.78 Å². The van der Waals surface area contributed by atoms with E-state index in [1.807, 2.05) is 6.07 Å². The molecule has 0 saturated heterocycles. The van der Waals surface area contributed by atoms with Crippen LogP contribution in [0, 0.1) is 0 Å². The number of pyridine rings is 1. The highest BCUT2D eigenvalue weighted by molar-refractivity contribution is 7.91. The molecule has 0 saturated carbocycles. The van der Waals surface area contributed by atoms with Crippen LogP contribution in [0.2, 0.25) is 0 Å². The van der Waals surface area contributed by atoms with Crippen molar-refractivity contribution in [3.63, 3.8) is 0 Å². The van der Waals surface area contributed by atoms with E-state index >= 15 is 0 Å². The number of nitrogens with zero attached hydrogens (tertiary/aromatic N) is 1. The number of aromatic nitrogens is 1. The summed E-state index contributed by atoms with van der Waals surface area (Å²) in [6.07, 6.45) is 3.36. The highest BCUT2D eigenvalue weighted by Crippen LogP contribution is 2.20. The Balaban J connectivity index is 2.06. The average Bonchev–Trinajstić information content (AvgIpc) is 2.46. The Morgan fingerprint density at radius 2 is 1.85 bits per heavy atom. The lowest BCUT2D eigenvalue weighted by atomic mass is 10.2. The van der Waals surface area contributed by atoms with Gasteiger partial charge < -0.3 is 5.32 Å². The zero-order chi connectivity index (χ0) is 14.6. The summed E-state index contributed by atoms with van der Waals surface area (Å²) in [5.41, 5.74) is 1.60. The van der Waals surface area contributed by atoms with E-state index in [1.165, 1.54) is 12.1 Å². The summed E-state index contributed by atoms with van der Waals surface area (Å²) in [5, 5.41) is 3.05. The van der Waals surface area contributed by atoms with E-state index in [1.54, 1.807) is 18.5 Å². The molecule has 1 aromatic carbocycles. The highest BCUT2D eigenvalue weighted by Gasteiger charge is 2.26. The minimum atomic E-state index is -4.53. The van der Waals surface area contributed by atoms with E-state index in [9.17, 15) is 17.2 Å². The Bertz CT molecular complexity index is 659. The van der Waals surface area contributed by atoms with Crippen molar-refractivity contribution in [1.82, 2.24) is 4.98 Å². The lowest BCUT2D eigenvalue weighted by Gasteiger charge is -2.07. The molecule has 2 aromatic rings. The fourth-order valence-corrected chi connectivity index (χ4v) is 2.29. The number of anilines is 1. The molecule has 0 fully saturated rings. The normalized spacial score (nSPS) is 11.6. The van der Waals surface area contributed by atoms with Crippen molar-refractivity contribution in [1.29, 1.82) is 0 Å². The standard InChI is InChI=1S/C13H12F2N2O2S/c14-13(15)20(18,19)12-5-3-11(4-6-12)17-9-10-2-1-7-16-8-10/h1-8,13,17H,9H2. The molecule has 0 radical (unpaired) electrons. The van der Waals surface area contributed by atoms with Crippen molar-refractivity contribution >= 4 is 15.5 Å². The third kappa shape index (κ3) is 3.30. The van der Waals surface area contributed by atoms with E-state index in [0.717, 1.165) is 17.7 Å². The summed E-state index contributed by atoms with van der Waals surface area (Å²) in [6, 6.07) is 8.91. The Morgan fingerprint density at radius 3 is 2.40 bits per heavy atom. The number of nitrogens with one attached hydrogen (secondary N) is 1. The summed E-state index contributed by atoms with van der Waals surface area (Å²) < 4.78 is 47.2. The molecule has 4 nitrogen and oxygen atoms in total. The first-order chi connectivity index (χ1) is 9.50. The monoisotopic (exact) mass is 298 g/mol. The quantitative estimate of drug-likeness (QED) is 0.922. The van der Waals surface area contributed by atoms with Crippen LogP contribution in [0.15, 0.2) is 53.7 Å². The van der Waals surface area contributed by atoms with Crippen molar-refractivity contribution in [2.75, 3.05) is 5.32 Å². The Kier molecular flexibility index (Phi) is 4.29. The van der Waals surface area contributed by atoms with Crippen molar-refractivity contribution in [3.05, 3.63) is 54.4 Å². The lowest BCUT2D eigenvalue weighted by Crippen LogP contribution is -2.11. The molecule has 0 bridgehead atoms. The molecular formula is C13H12F2N2O2S. The molecule has 20 heavy (non-hydrogen) atoms. The summed E-state index contributed by atoms with van der Waals surface area (Å²) in [4.78, 5) is 3.57. The topological polar surface area (TPSA) is 59.1 Å². The Hall–Kier alpha value is -2.02. The van der Waals surface area contributed by atoms with Gasteiger partial charge in [0.05, 0.1) is 4.90 Å². The van der Waals surface area contributed by atoms with E-state index in [0.29, 0.717) is 12.2 Å². The molecule has 106 valence electrons. The maximum absolute atomic E-state index is 12.4. The second kappa shape index (κ2) is 5.96. The van der Waals surface area contributed by atoms with Gasteiger partial charge in [0.2, 0.25) is 9.84 Å². The van der Waals surface area contributed by atoms with Crippen molar-refractivity contribution < 1.29 is 17.2 Å². The molecule has 2 rings (SSSR count). The molecule has 1 heterocycles. The van der Waals surface area contributed by atoms with Gasteiger partial charge in [0, 0.05) is 24.6 Å². The van der Waals surface area contributed by atoms with Gasteiger partial charge >= 0.3 is 5.76 Å². The SMILES string of the molecule is O=S(=O)(c1ccc(NCc2cccnc2)cc1)C(F)F. The van der Waals surface area contributed by atoms with Crippen molar-refractivity contribution in [3.8, 4) is 0 Å². The van der Waals surface area contributed by atoms with Crippen LogP contribution >= 0.6 is 0 Å². The van der Waals surface area contributed by atoms with Crippen LogP contribution in [0.25, 0.3) is 0 Å². The fourth-order valence-electron chi connectivity index (χ4n) is 1.57. The predicted octanol–water partition coefficient (Wildman–Crippen LogP) is 2.69. The van der Waals surface area contributed by atoms with E-state index in [4.69, 9.17) is 0 Å². The highest BCUT2D eigenvalue weighted by atomic mass is 32.2. The van der Waals surface area contributed by atoms with Gasteiger partial charge in [-0.3, -0.25) is 4.98 Å². The largest absolute Gasteiger partial charge is 0.381 e. The first kappa shape index (κ1) is 14.4. The van der Waals surface area contributed by atoms with Crippen LogP contribution in [-0.2, 0) is 16.4 Å². The van der Waals surface area contributed by atoms with Gasteiger partial charge in [-0.1, -0.05) is 6.07 Å². The van der Waals surface area contributed by atoms with Crippen LogP contribution in [0.1, 0.15) is 5.56 Å². The molecular weight excluding hydrogens is 286 g/mol. The minimum absolute atomic E-state index is 0.389.